The maximum absolute atomic E-state index is 12.7. The van der Waals surface area contributed by atoms with Crippen molar-refractivity contribution < 1.29 is 4.79 Å². The number of nitrogens with zero attached hydrogens (tertiary/aromatic N) is 1. The third-order valence-electron chi connectivity index (χ3n) is 4.55. The third-order valence-corrected chi connectivity index (χ3v) is 4.55. The molecule has 104 valence electrons. The number of carbonyl (C=O) groups is 1. The van der Waals surface area contributed by atoms with E-state index in [1.807, 2.05) is 0 Å². The second kappa shape index (κ2) is 6.55. The van der Waals surface area contributed by atoms with Gasteiger partial charge in [-0.3, -0.25) is 4.79 Å². The van der Waals surface area contributed by atoms with Crippen LogP contribution >= 0.6 is 0 Å². The van der Waals surface area contributed by atoms with Gasteiger partial charge in [0.15, 0.2) is 0 Å². The molecule has 0 aromatic heterocycles. The van der Waals surface area contributed by atoms with Crippen LogP contribution in [-0.4, -0.2) is 29.9 Å². The molecule has 2 fully saturated rings. The summed E-state index contributed by atoms with van der Waals surface area (Å²) >= 11 is 0. The monoisotopic (exact) mass is 252 g/mol. The molecule has 2 rings (SSSR count). The highest BCUT2D eigenvalue weighted by molar-refractivity contribution is 5.80. The first-order valence-corrected chi connectivity index (χ1v) is 7.78. The maximum atomic E-state index is 12.7. The molecule has 0 heterocycles. The van der Waals surface area contributed by atoms with Crippen molar-refractivity contribution in [1.82, 2.24) is 4.90 Å². The number of amides is 1. The lowest BCUT2D eigenvalue weighted by molar-refractivity contribution is -0.139. The Bertz CT molecular complexity index is 276. The van der Waals surface area contributed by atoms with Crippen molar-refractivity contribution >= 4 is 5.91 Å². The summed E-state index contributed by atoms with van der Waals surface area (Å²) in [7, 11) is 0. The highest BCUT2D eigenvalue weighted by Crippen LogP contribution is 2.35. The van der Waals surface area contributed by atoms with Crippen LogP contribution in [0.5, 0.6) is 0 Å². The average Bonchev–Trinajstić information content (AvgIpc) is 3.23. The normalized spacial score (nSPS) is 28.1. The van der Waals surface area contributed by atoms with Crippen molar-refractivity contribution in [3.63, 3.8) is 0 Å². The molecule has 0 aliphatic heterocycles. The van der Waals surface area contributed by atoms with Crippen molar-refractivity contribution in [3.8, 4) is 0 Å². The van der Waals surface area contributed by atoms with Crippen molar-refractivity contribution in [2.45, 2.75) is 64.3 Å². The lowest BCUT2D eigenvalue weighted by Gasteiger charge is -2.34. The predicted octanol–water partition coefficient (Wildman–Crippen LogP) is 2.54. The molecule has 0 bridgehead atoms. The molecule has 0 aromatic carbocycles. The van der Waals surface area contributed by atoms with Gasteiger partial charge in [-0.2, -0.15) is 0 Å². The molecule has 2 saturated carbocycles. The smallest absolute Gasteiger partial charge is 0.226 e. The fourth-order valence-electron chi connectivity index (χ4n) is 3.22. The quantitative estimate of drug-likeness (QED) is 0.789. The van der Waals surface area contributed by atoms with Crippen molar-refractivity contribution in [2.24, 2.45) is 17.6 Å². The summed E-state index contributed by atoms with van der Waals surface area (Å²) in [5, 5.41) is 0. The van der Waals surface area contributed by atoms with Crippen LogP contribution in [0.2, 0.25) is 0 Å². The van der Waals surface area contributed by atoms with E-state index in [4.69, 9.17) is 5.73 Å². The van der Waals surface area contributed by atoms with Gasteiger partial charge in [-0.15, -0.1) is 0 Å². The molecule has 0 radical (unpaired) electrons. The van der Waals surface area contributed by atoms with Crippen LogP contribution in [0, 0.1) is 11.8 Å². The van der Waals surface area contributed by atoms with E-state index in [9.17, 15) is 4.79 Å². The van der Waals surface area contributed by atoms with Crippen LogP contribution in [0.25, 0.3) is 0 Å². The number of hydrogen-bond donors (Lipinski definition) is 1. The lowest BCUT2D eigenvalue weighted by Crippen LogP contribution is -2.43. The van der Waals surface area contributed by atoms with Crippen molar-refractivity contribution in [3.05, 3.63) is 0 Å². The maximum Gasteiger partial charge on any atom is 0.226 e. The zero-order chi connectivity index (χ0) is 13.0. The van der Waals surface area contributed by atoms with Crippen molar-refractivity contribution in [1.29, 1.82) is 0 Å². The molecule has 3 heteroatoms. The van der Waals surface area contributed by atoms with E-state index in [0.717, 1.165) is 25.8 Å². The first kappa shape index (κ1) is 13.9. The Hall–Kier alpha value is -0.570. The van der Waals surface area contributed by atoms with Gasteiger partial charge in [-0.1, -0.05) is 26.2 Å². The van der Waals surface area contributed by atoms with Gasteiger partial charge in [0, 0.05) is 18.5 Å². The van der Waals surface area contributed by atoms with Crippen LogP contribution < -0.4 is 5.73 Å². The minimum Gasteiger partial charge on any atom is -0.339 e. The fourth-order valence-corrected chi connectivity index (χ4v) is 3.22. The Morgan fingerprint density at radius 2 is 1.94 bits per heavy atom. The highest BCUT2D eigenvalue weighted by atomic mass is 16.2. The number of rotatable bonds is 6. The van der Waals surface area contributed by atoms with E-state index in [0.29, 0.717) is 24.4 Å². The second-order valence-corrected chi connectivity index (χ2v) is 6.00. The summed E-state index contributed by atoms with van der Waals surface area (Å²) in [6.45, 7) is 3.84. The molecular formula is C15H28N2O. The third kappa shape index (κ3) is 3.25. The molecule has 2 aliphatic rings. The molecule has 0 spiro atoms. The zero-order valence-electron chi connectivity index (χ0n) is 11.7. The lowest BCUT2D eigenvalue weighted by atomic mass is 9.78. The summed E-state index contributed by atoms with van der Waals surface area (Å²) in [6.07, 6.45) is 9.42. The number of unbranched alkanes of at least 4 members (excludes halogenated alkanes) is 1. The minimum atomic E-state index is 0.223. The van der Waals surface area contributed by atoms with Crippen LogP contribution in [0.3, 0.4) is 0 Å². The summed E-state index contributed by atoms with van der Waals surface area (Å²) in [6, 6.07) is 0.560. The number of nitrogens with two attached hydrogens (primary N) is 1. The summed E-state index contributed by atoms with van der Waals surface area (Å²) in [5.74, 6) is 1.08. The average molecular weight is 252 g/mol. The first-order chi connectivity index (χ1) is 8.77. The van der Waals surface area contributed by atoms with E-state index >= 15 is 0 Å². The highest BCUT2D eigenvalue weighted by Gasteiger charge is 2.38. The van der Waals surface area contributed by atoms with E-state index in [1.54, 1.807) is 0 Å². The molecule has 1 amide bonds. The van der Waals surface area contributed by atoms with Gasteiger partial charge in [0.05, 0.1) is 0 Å². The van der Waals surface area contributed by atoms with Crippen LogP contribution in [0.15, 0.2) is 0 Å². The van der Waals surface area contributed by atoms with E-state index in [1.165, 1.54) is 32.1 Å². The molecule has 18 heavy (non-hydrogen) atoms. The van der Waals surface area contributed by atoms with Gasteiger partial charge in [0.1, 0.15) is 0 Å². The van der Waals surface area contributed by atoms with Gasteiger partial charge >= 0.3 is 0 Å². The van der Waals surface area contributed by atoms with E-state index in [-0.39, 0.29) is 5.92 Å². The van der Waals surface area contributed by atoms with Crippen molar-refractivity contribution in [2.75, 3.05) is 13.1 Å². The van der Waals surface area contributed by atoms with Crippen LogP contribution in [0.4, 0.5) is 0 Å². The summed E-state index contributed by atoms with van der Waals surface area (Å²) in [4.78, 5) is 14.9. The molecular weight excluding hydrogens is 224 g/mol. The predicted molar refractivity (Wildman–Crippen MR) is 74.1 cm³/mol. The molecule has 0 saturated heterocycles. The van der Waals surface area contributed by atoms with Gasteiger partial charge in [0.25, 0.3) is 0 Å². The van der Waals surface area contributed by atoms with Gasteiger partial charge in [0.2, 0.25) is 5.91 Å². The zero-order valence-corrected chi connectivity index (χ0v) is 11.7. The largest absolute Gasteiger partial charge is 0.339 e. The molecule has 2 N–H and O–H groups in total. The molecule has 2 aliphatic carbocycles. The second-order valence-electron chi connectivity index (χ2n) is 6.00. The Balaban J connectivity index is 1.97. The summed E-state index contributed by atoms with van der Waals surface area (Å²) < 4.78 is 0. The van der Waals surface area contributed by atoms with Crippen LogP contribution in [0.1, 0.15) is 58.3 Å². The Morgan fingerprint density at radius 1 is 1.22 bits per heavy atom. The van der Waals surface area contributed by atoms with Crippen LogP contribution in [-0.2, 0) is 4.79 Å². The van der Waals surface area contributed by atoms with Gasteiger partial charge in [-0.25, -0.2) is 0 Å². The fraction of sp³-hybridized carbons (Fsp3) is 0.933. The Morgan fingerprint density at radius 3 is 2.56 bits per heavy atom. The Kier molecular flexibility index (Phi) is 5.04. The minimum absolute atomic E-state index is 0.223. The van der Waals surface area contributed by atoms with E-state index < -0.39 is 0 Å². The van der Waals surface area contributed by atoms with E-state index in [2.05, 4.69) is 11.8 Å². The molecule has 2 atom stereocenters. The van der Waals surface area contributed by atoms with Gasteiger partial charge in [-0.05, 0) is 44.6 Å². The standard InChI is InChI=1S/C15H28N2O/c1-2-3-10-17(13-8-9-13)15(18)14-7-5-4-6-12(14)11-16/h12-14H,2-11,16H2,1H3. The molecule has 0 aromatic rings. The molecule has 2 unspecified atom stereocenters. The molecule has 3 nitrogen and oxygen atoms in total. The SMILES string of the molecule is CCCCN(C(=O)C1CCCCC1CN)C1CC1. The first-order valence-electron chi connectivity index (χ1n) is 7.78. The number of hydrogen-bond acceptors (Lipinski definition) is 2. The van der Waals surface area contributed by atoms with Gasteiger partial charge < -0.3 is 10.6 Å². The summed E-state index contributed by atoms with van der Waals surface area (Å²) in [5.41, 5.74) is 5.85. The number of carbonyl (C=O) groups excluding carboxylic acids is 1. The topological polar surface area (TPSA) is 46.3 Å². The Labute approximate surface area is 111 Å².